The molecule has 88 valence electrons. The van der Waals surface area contributed by atoms with Crippen LogP contribution in [0.2, 0.25) is 0 Å². The summed E-state index contributed by atoms with van der Waals surface area (Å²) in [6.45, 7) is 1.71. The lowest BCUT2D eigenvalue weighted by Crippen LogP contribution is -2.26. The molecule has 0 aliphatic carbocycles. The third kappa shape index (κ3) is 2.22. The number of hydrogen-bond acceptors (Lipinski definition) is 5. The number of carboxylic acid groups (broad SMARTS) is 1. The van der Waals surface area contributed by atoms with Crippen molar-refractivity contribution < 1.29 is 14.4 Å². The average Bonchev–Trinajstić information content (AvgIpc) is 2.67. The van der Waals surface area contributed by atoms with E-state index >= 15 is 0 Å². The van der Waals surface area contributed by atoms with E-state index in [0.717, 1.165) is 0 Å². The number of aromatic carboxylic acids is 1. The zero-order valence-electron chi connectivity index (χ0n) is 8.95. The number of hydrogen-bond donors (Lipinski definition) is 1. The van der Waals surface area contributed by atoms with E-state index in [-0.39, 0.29) is 18.0 Å². The average molecular weight is 235 g/mol. The molecule has 0 aliphatic heterocycles. The van der Waals surface area contributed by atoms with Gasteiger partial charge in [-0.2, -0.15) is 4.98 Å². The molecule has 0 radical (unpaired) electrons. The molecule has 0 atom stereocenters. The van der Waals surface area contributed by atoms with Gasteiger partial charge in [-0.15, -0.1) is 0 Å². The Kier molecular flexibility index (Phi) is 2.73. The summed E-state index contributed by atoms with van der Waals surface area (Å²) < 4.78 is 6.06. The van der Waals surface area contributed by atoms with Gasteiger partial charge in [0.25, 0.3) is 5.56 Å². The first-order valence-corrected chi connectivity index (χ1v) is 4.80. The molecule has 2 rings (SSSR count). The number of aromatic nitrogens is 3. The van der Waals surface area contributed by atoms with Gasteiger partial charge in [0.05, 0.1) is 0 Å². The maximum Gasteiger partial charge on any atom is 0.341 e. The van der Waals surface area contributed by atoms with Crippen LogP contribution in [0.1, 0.15) is 22.1 Å². The summed E-state index contributed by atoms with van der Waals surface area (Å²) in [6.07, 6.45) is 1.47. The molecule has 2 aromatic rings. The van der Waals surface area contributed by atoms with Gasteiger partial charge in [-0.3, -0.25) is 4.79 Å². The van der Waals surface area contributed by atoms with Crippen LogP contribution in [0.3, 0.4) is 0 Å². The molecule has 1 N–H and O–H groups in total. The fraction of sp³-hybridized carbons (Fsp3) is 0.200. The van der Waals surface area contributed by atoms with Crippen molar-refractivity contribution in [1.82, 2.24) is 14.7 Å². The molecule has 0 aromatic carbocycles. The maximum absolute atomic E-state index is 11.7. The van der Waals surface area contributed by atoms with E-state index in [4.69, 9.17) is 9.63 Å². The van der Waals surface area contributed by atoms with E-state index in [9.17, 15) is 9.59 Å². The molecule has 0 unspecified atom stereocenters. The summed E-state index contributed by atoms with van der Waals surface area (Å²) in [6, 6.07) is 2.73. The Labute approximate surface area is 95.3 Å². The van der Waals surface area contributed by atoms with Gasteiger partial charge in [0.2, 0.25) is 5.89 Å². The minimum Gasteiger partial charge on any atom is -0.477 e. The Balaban J connectivity index is 2.37. The number of carbonyl (C=O) groups is 1. The molecular weight excluding hydrogens is 226 g/mol. The molecule has 0 aliphatic rings. The summed E-state index contributed by atoms with van der Waals surface area (Å²) in [5, 5.41) is 12.4. The highest BCUT2D eigenvalue weighted by molar-refractivity contribution is 5.86. The van der Waals surface area contributed by atoms with Crippen molar-refractivity contribution in [3.8, 4) is 0 Å². The summed E-state index contributed by atoms with van der Waals surface area (Å²) >= 11 is 0. The topological polar surface area (TPSA) is 98.2 Å². The van der Waals surface area contributed by atoms with Crippen molar-refractivity contribution in [3.63, 3.8) is 0 Å². The second-order valence-electron chi connectivity index (χ2n) is 3.40. The molecule has 2 aromatic heterocycles. The molecule has 17 heavy (non-hydrogen) atoms. The molecule has 0 fully saturated rings. The van der Waals surface area contributed by atoms with Gasteiger partial charge in [0, 0.05) is 6.20 Å². The van der Waals surface area contributed by atoms with Crippen LogP contribution in [0.15, 0.2) is 27.6 Å². The van der Waals surface area contributed by atoms with Crippen LogP contribution in [0.5, 0.6) is 0 Å². The summed E-state index contributed by atoms with van der Waals surface area (Å²) in [4.78, 5) is 26.4. The Bertz CT molecular complexity index is 614. The van der Waals surface area contributed by atoms with E-state index < -0.39 is 11.5 Å². The van der Waals surface area contributed by atoms with Crippen molar-refractivity contribution in [3.05, 3.63) is 46.0 Å². The summed E-state index contributed by atoms with van der Waals surface area (Å²) in [7, 11) is 0. The first kappa shape index (κ1) is 11.1. The molecule has 0 bridgehead atoms. The lowest BCUT2D eigenvalue weighted by molar-refractivity contribution is 0.0694. The highest BCUT2D eigenvalue weighted by atomic mass is 16.5. The van der Waals surface area contributed by atoms with Gasteiger partial charge in [-0.05, 0) is 19.1 Å². The first-order chi connectivity index (χ1) is 8.08. The molecule has 0 saturated carbocycles. The van der Waals surface area contributed by atoms with Crippen molar-refractivity contribution in [2.45, 2.75) is 13.5 Å². The van der Waals surface area contributed by atoms with Gasteiger partial charge in [0.1, 0.15) is 12.1 Å². The Hall–Kier alpha value is -2.44. The number of rotatable bonds is 3. The molecule has 0 spiro atoms. The van der Waals surface area contributed by atoms with Gasteiger partial charge in [-0.1, -0.05) is 5.16 Å². The zero-order valence-corrected chi connectivity index (χ0v) is 8.95. The fourth-order valence-electron chi connectivity index (χ4n) is 1.37. The van der Waals surface area contributed by atoms with Crippen LogP contribution >= 0.6 is 0 Å². The van der Waals surface area contributed by atoms with Crippen molar-refractivity contribution in [2.24, 2.45) is 0 Å². The third-order valence-electron chi connectivity index (χ3n) is 2.13. The SMILES string of the molecule is Cc1noc(Cn2cccc(C(=O)O)c2=O)n1. The van der Waals surface area contributed by atoms with E-state index in [0.29, 0.717) is 5.82 Å². The number of nitrogens with zero attached hydrogens (tertiary/aromatic N) is 3. The lowest BCUT2D eigenvalue weighted by Gasteiger charge is -2.02. The van der Waals surface area contributed by atoms with Crippen LogP contribution in [0.25, 0.3) is 0 Å². The smallest absolute Gasteiger partial charge is 0.341 e. The molecule has 0 saturated heterocycles. The molecule has 0 amide bonds. The van der Waals surface area contributed by atoms with E-state index in [1.807, 2.05) is 0 Å². The minimum absolute atomic E-state index is 0.0563. The third-order valence-corrected chi connectivity index (χ3v) is 2.13. The second-order valence-corrected chi connectivity index (χ2v) is 3.40. The van der Waals surface area contributed by atoms with E-state index in [2.05, 4.69) is 10.1 Å². The van der Waals surface area contributed by atoms with Gasteiger partial charge in [0.15, 0.2) is 5.82 Å². The predicted molar refractivity (Wildman–Crippen MR) is 55.8 cm³/mol. The van der Waals surface area contributed by atoms with Crippen molar-refractivity contribution in [2.75, 3.05) is 0 Å². The number of pyridine rings is 1. The predicted octanol–water partition coefficient (Wildman–Crippen LogP) is 0.286. The van der Waals surface area contributed by atoms with Crippen LogP contribution in [0.4, 0.5) is 0 Å². The van der Waals surface area contributed by atoms with Gasteiger partial charge in [-0.25, -0.2) is 4.79 Å². The zero-order chi connectivity index (χ0) is 12.4. The van der Waals surface area contributed by atoms with Gasteiger partial charge < -0.3 is 14.2 Å². The summed E-state index contributed by atoms with van der Waals surface area (Å²) in [5.74, 6) is -0.541. The molecule has 2 heterocycles. The van der Waals surface area contributed by atoms with Crippen LogP contribution in [-0.2, 0) is 6.54 Å². The first-order valence-electron chi connectivity index (χ1n) is 4.80. The maximum atomic E-state index is 11.7. The molecular formula is C10H9N3O4. The van der Waals surface area contributed by atoms with Crippen molar-refractivity contribution >= 4 is 5.97 Å². The van der Waals surface area contributed by atoms with Crippen LogP contribution < -0.4 is 5.56 Å². The monoisotopic (exact) mass is 235 g/mol. The highest BCUT2D eigenvalue weighted by Crippen LogP contribution is 1.99. The Morgan fingerprint density at radius 1 is 1.59 bits per heavy atom. The van der Waals surface area contributed by atoms with Crippen LogP contribution in [-0.4, -0.2) is 25.8 Å². The quantitative estimate of drug-likeness (QED) is 0.820. The van der Waals surface area contributed by atoms with Crippen LogP contribution in [0, 0.1) is 6.92 Å². The lowest BCUT2D eigenvalue weighted by atomic mass is 10.3. The molecule has 7 nitrogen and oxygen atoms in total. The van der Waals surface area contributed by atoms with E-state index in [1.165, 1.54) is 22.9 Å². The van der Waals surface area contributed by atoms with Crippen molar-refractivity contribution in [1.29, 1.82) is 0 Å². The minimum atomic E-state index is -1.26. The van der Waals surface area contributed by atoms with Gasteiger partial charge >= 0.3 is 5.97 Å². The standard InChI is InChI=1S/C10H9N3O4/c1-6-11-8(17-12-6)5-13-4-2-3-7(9(13)14)10(15)16/h2-4H,5H2,1H3,(H,15,16). The number of aryl methyl sites for hydroxylation is 1. The second kappa shape index (κ2) is 4.20. The number of carboxylic acids is 1. The fourth-order valence-corrected chi connectivity index (χ4v) is 1.37. The van der Waals surface area contributed by atoms with E-state index in [1.54, 1.807) is 6.92 Å². The molecule has 7 heteroatoms. The summed E-state index contributed by atoms with van der Waals surface area (Å²) in [5.41, 5.74) is -0.889. The highest BCUT2D eigenvalue weighted by Gasteiger charge is 2.12. The Morgan fingerprint density at radius 2 is 2.35 bits per heavy atom. The largest absolute Gasteiger partial charge is 0.477 e. The Morgan fingerprint density at radius 3 is 2.94 bits per heavy atom. The normalized spacial score (nSPS) is 10.4.